The molecule has 2 rings (SSSR count). The van der Waals surface area contributed by atoms with E-state index >= 15 is 0 Å². The third-order valence-electron chi connectivity index (χ3n) is 3.56. The average molecular weight is 298 g/mol. The molecule has 0 saturated carbocycles. The summed E-state index contributed by atoms with van der Waals surface area (Å²) >= 11 is 0. The van der Waals surface area contributed by atoms with Gasteiger partial charge in [-0.15, -0.1) is 0 Å². The number of ether oxygens (including phenoxy) is 1. The first kappa shape index (κ1) is 15.1. The van der Waals surface area contributed by atoms with Crippen LogP contribution in [0.1, 0.15) is 19.8 Å². The topological polar surface area (TPSA) is 49.9 Å². The molecule has 0 fully saturated rings. The minimum Gasteiger partial charge on any atom is -0.490 e. The standard InChI is InChI=1S/C14H22N2O3S/c1-4-5-8-16(3)20(17,18)12-6-7-14-13(11-12)15(2)9-10-19-14/h6-7,11H,4-5,8-10H2,1-3H3. The van der Waals surface area contributed by atoms with Gasteiger partial charge in [-0.25, -0.2) is 12.7 Å². The SMILES string of the molecule is CCCCN(C)S(=O)(=O)c1ccc2c(c1)N(C)CCO2. The predicted octanol–water partition coefficient (Wildman–Crippen LogP) is 1.94. The van der Waals surface area contributed by atoms with E-state index < -0.39 is 10.0 Å². The summed E-state index contributed by atoms with van der Waals surface area (Å²) in [5, 5.41) is 0. The summed E-state index contributed by atoms with van der Waals surface area (Å²) in [6, 6.07) is 5.06. The number of anilines is 1. The summed E-state index contributed by atoms with van der Waals surface area (Å²) in [6.45, 7) is 3.99. The Hall–Kier alpha value is -1.27. The van der Waals surface area contributed by atoms with Gasteiger partial charge in [-0.05, 0) is 24.6 Å². The van der Waals surface area contributed by atoms with Gasteiger partial charge in [-0.1, -0.05) is 13.3 Å². The molecule has 1 aromatic rings. The fourth-order valence-corrected chi connectivity index (χ4v) is 3.40. The fraction of sp³-hybridized carbons (Fsp3) is 0.571. The van der Waals surface area contributed by atoms with Crippen LogP contribution in [0.4, 0.5) is 5.69 Å². The van der Waals surface area contributed by atoms with Gasteiger partial charge in [-0.2, -0.15) is 0 Å². The fourth-order valence-electron chi connectivity index (χ4n) is 2.17. The highest BCUT2D eigenvalue weighted by atomic mass is 32.2. The van der Waals surface area contributed by atoms with Crippen molar-refractivity contribution in [1.82, 2.24) is 4.31 Å². The van der Waals surface area contributed by atoms with Gasteiger partial charge in [0.15, 0.2) is 0 Å². The molecule has 5 nitrogen and oxygen atoms in total. The van der Waals surface area contributed by atoms with Crippen molar-refractivity contribution < 1.29 is 13.2 Å². The minimum absolute atomic E-state index is 0.326. The molecule has 0 radical (unpaired) electrons. The number of likely N-dealkylation sites (N-methyl/N-ethyl adjacent to an activating group) is 1. The van der Waals surface area contributed by atoms with Crippen molar-refractivity contribution >= 4 is 15.7 Å². The molecular formula is C14H22N2O3S. The van der Waals surface area contributed by atoms with E-state index in [4.69, 9.17) is 4.74 Å². The molecule has 0 bridgehead atoms. The van der Waals surface area contributed by atoms with E-state index in [1.807, 2.05) is 18.9 Å². The molecule has 1 aromatic carbocycles. The molecule has 20 heavy (non-hydrogen) atoms. The minimum atomic E-state index is -3.42. The lowest BCUT2D eigenvalue weighted by molar-refractivity contribution is 0.311. The van der Waals surface area contributed by atoms with Crippen LogP contribution in [0, 0.1) is 0 Å². The Kier molecular flexibility index (Phi) is 4.55. The number of fused-ring (bicyclic) bond motifs is 1. The van der Waals surface area contributed by atoms with Crippen LogP contribution >= 0.6 is 0 Å². The third-order valence-corrected chi connectivity index (χ3v) is 5.41. The molecular weight excluding hydrogens is 276 g/mol. The number of hydrogen-bond acceptors (Lipinski definition) is 4. The second kappa shape index (κ2) is 6.01. The van der Waals surface area contributed by atoms with Crippen molar-refractivity contribution in [3.05, 3.63) is 18.2 Å². The number of unbranched alkanes of at least 4 members (excludes halogenated alkanes) is 1. The number of nitrogens with zero attached hydrogens (tertiary/aromatic N) is 2. The quantitative estimate of drug-likeness (QED) is 0.833. The third kappa shape index (κ3) is 2.91. The lowest BCUT2D eigenvalue weighted by Gasteiger charge is -2.28. The molecule has 0 aromatic heterocycles. The second-order valence-corrected chi connectivity index (χ2v) is 7.12. The molecule has 0 aliphatic carbocycles. The van der Waals surface area contributed by atoms with Crippen LogP contribution in [0.15, 0.2) is 23.1 Å². The maximum absolute atomic E-state index is 12.5. The van der Waals surface area contributed by atoms with E-state index in [1.165, 1.54) is 4.31 Å². The maximum atomic E-state index is 12.5. The summed E-state index contributed by atoms with van der Waals surface area (Å²) in [7, 11) is 0.156. The second-order valence-electron chi connectivity index (χ2n) is 5.08. The van der Waals surface area contributed by atoms with Gasteiger partial charge in [-0.3, -0.25) is 0 Å². The molecule has 1 aliphatic heterocycles. The first-order valence-corrected chi connectivity index (χ1v) is 8.35. The zero-order valence-corrected chi connectivity index (χ0v) is 13.1. The highest BCUT2D eigenvalue weighted by molar-refractivity contribution is 7.89. The number of rotatable bonds is 5. The molecule has 0 amide bonds. The van der Waals surface area contributed by atoms with Gasteiger partial charge < -0.3 is 9.64 Å². The van der Waals surface area contributed by atoms with Crippen molar-refractivity contribution in [3.8, 4) is 5.75 Å². The van der Waals surface area contributed by atoms with Crippen molar-refractivity contribution in [2.24, 2.45) is 0 Å². The van der Waals surface area contributed by atoms with Gasteiger partial charge in [0.25, 0.3) is 0 Å². The summed E-state index contributed by atoms with van der Waals surface area (Å²) in [5.41, 5.74) is 0.834. The molecule has 1 aliphatic rings. The lowest BCUT2D eigenvalue weighted by atomic mass is 10.2. The van der Waals surface area contributed by atoms with Crippen LogP contribution in [-0.4, -0.2) is 46.5 Å². The molecule has 6 heteroatoms. The van der Waals surface area contributed by atoms with Gasteiger partial charge in [0.1, 0.15) is 12.4 Å². The van der Waals surface area contributed by atoms with Crippen LogP contribution in [0.25, 0.3) is 0 Å². The Labute approximate surface area is 121 Å². The molecule has 0 spiro atoms. The van der Waals surface area contributed by atoms with Gasteiger partial charge >= 0.3 is 0 Å². The average Bonchev–Trinajstić information content (AvgIpc) is 2.44. The molecule has 0 N–H and O–H groups in total. The van der Waals surface area contributed by atoms with E-state index in [-0.39, 0.29) is 0 Å². The van der Waals surface area contributed by atoms with E-state index in [0.29, 0.717) is 18.0 Å². The predicted molar refractivity (Wildman–Crippen MR) is 79.9 cm³/mol. The Morgan fingerprint density at radius 2 is 2.15 bits per heavy atom. The molecule has 1 heterocycles. The Balaban J connectivity index is 2.31. The van der Waals surface area contributed by atoms with Crippen molar-refractivity contribution in [2.75, 3.05) is 38.7 Å². The monoisotopic (exact) mass is 298 g/mol. The summed E-state index contributed by atoms with van der Waals surface area (Å²) in [5.74, 6) is 0.744. The van der Waals surface area contributed by atoms with E-state index in [1.54, 1.807) is 25.2 Å². The zero-order valence-electron chi connectivity index (χ0n) is 12.3. The highest BCUT2D eigenvalue weighted by Gasteiger charge is 2.23. The van der Waals surface area contributed by atoms with E-state index in [0.717, 1.165) is 30.8 Å². The first-order valence-electron chi connectivity index (χ1n) is 6.91. The van der Waals surface area contributed by atoms with Crippen LogP contribution in [0.3, 0.4) is 0 Å². The van der Waals surface area contributed by atoms with Crippen LogP contribution in [-0.2, 0) is 10.0 Å². The summed E-state index contributed by atoms with van der Waals surface area (Å²) in [4.78, 5) is 2.34. The summed E-state index contributed by atoms with van der Waals surface area (Å²) < 4.78 is 31.9. The molecule has 0 saturated heterocycles. The first-order chi connectivity index (χ1) is 9.46. The van der Waals surface area contributed by atoms with Gasteiger partial charge in [0.2, 0.25) is 10.0 Å². The van der Waals surface area contributed by atoms with Crippen LogP contribution in [0.2, 0.25) is 0 Å². The van der Waals surface area contributed by atoms with E-state index in [9.17, 15) is 8.42 Å². The smallest absolute Gasteiger partial charge is 0.242 e. The van der Waals surface area contributed by atoms with Crippen molar-refractivity contribution in [3.63, 3.8) is 0 Å². The Morgan fingerprint density at radius 1 is 1.40 bits per heavy atom. The zero-order chi connectivity index (χ0) is 14.8. The van der Waals surface area contributed by atoms with Crippen LogP contribution in [0.5, 0.6) is 5.75 Å². The Bertz CT molecular complexity index is 572. The van der Waals surface area contributed by atoms with Gasteiger partial charge in [0, 0.05) is 20.6 Å². The maximum Gasteiger partial charge on any atom is 0.242 e. The van der Waals surface area contributed by atoms with Crippen molar-refractivity contribution in [2.45, 2.75) is 24.7 Å². The molecule has 0 unspecified atom stereocenters. The number of benzene rings is 1. The number of hydrogen-bond donors (Lipinski definition) is 0. The van der Waals surface area contributed by atoms with Gasteiger partial charge in [0.05, 0.1) is 17.1 Å². The lowest BCUT2D eigenvalue weighted by Crippen LogP contribution is -2.30. The summed E-state index contributed by atoms with van der Waals surface area (Å²) in [6.07, 6.45) is 1.84. The molecule has 0 atom stereocenters. The van der Waals surface area contributed by atoms with Crippen LogP contribution < -0.4 is 9.64 Å². The van der Waals surface area contributed by atoms with E-state index in [2.05, 4.69) is 0 Å². The van der Waals surface area contributed by atoms with Crippen molar-refractivity contribution in [1.29, 1.82) is 0 Å². The molecule has 112 valence electrons. The highest BCUT2D eigenvalue weighted by Crippen LogP contribution is 2.33. The largest absolute Gasteiger partial charge is 0.490 e. The normalized spacial score (nSPS) is 15.1. The Morgan fingerprint density at radius 3 is 2.85 bits per heavy atom. The number of sulfonamides is 1.